The van der Waals surface area contributed by atoms with Crippen molar-refractivity contribution in [3.63, 3.8) is 0 Å². The first-order valence-electron chi connectivity index (χ1n) is 7.37. The zero-order valence-corrected chi connectivity index (χ0v) is 14.3. The number of likely N-dealkylation sites (N-methyl/N-ethyl adjacent to an activating group) is 1. The normalized spacial score (nSPS) is 10.8. The highest BCUT2D eigenvalue weighted by Gasteiger charge is 2.19. The number of rotatable bonds is 5. The van der Waals surface area contributed by atoms with Crippen molar-refractivity contribution in [3.05, 3.63) is 35.4 Å². The van der Waals surface area contributed by atoms with Crippen LogP contribution in [0.4, 0.5) is 0 Å². The fourth-order valence-corrected chi connectivity index (χ4v) is 1.77. The molecule has 0 aliphatic carbocycles. The van der Waals surface area contributed by atoms with E-state index in [1.54, 1.807) is 24.3 Å². The quantitative estimate of drug-likeness (QED) is 0.835. The molecule has 0 unspecified atom stereocenters. The molecule has 23 heavy (non-hydrogen) atoms. The van der Waals surface area contributed by atoms with Gasteiger partial charge in [0.05, 0.1) is 12.1 Å². The van der Waals surface area contributed by atoms with Gasteiger partial charge in [-0.15, -0.1) is 0 Å². The van der Waals surface area contributed by atoms with E-state index in [4.69, 9.17) is 4.74 Å². The molecule has 0 saturated heterocycles. The van der Waals surface area contributed by atoms with Gasteiger partial charge in [-0.3, -0.25) is 9.59 Å². The van der Waals surface area contributed by atoms with Crippen LogP contribution in [0.15, 0.2) is 24.3 Å². The molecule has 126 valence electrons. The van der Waals surface area contributed by atoms with Gasteiger partial charge < -0.3 is 15.0 Å². The van der Waals surface area contributed by atoms with Crippen LogP contribution in [0.5, 0.6) is 0 Å². The molecule has 1 rings (SSSR count). The van der Waals surface area contributed by atoms with Gasteiger partial charge in [-0.25, -0.2) is 4.79 Å². The summed E-state index contributed by atoms with van der Waals surface area (Å²) in [6, 6.07) is 6.87. The summed E-state index contributed by atoms with van der Waals surface area (Å²) < 4.78 is 4.97. The zero-order valence-electron chi connectivity index (χ0n) is 14.3. The van der Waals surface area contributed by atoms with E-state index in [0.717, 1.165) is 5.56 Å². The SMILES string of the molecule is Cc1ccc(C(=O)OCC(=O)N(C)CC(=O)NC(C)(C)C)cc1. The maximum atomic E-state index is 11.9. The number of aryl methyl sites for hydroxylation is 1. The predicted octanol–water partition coefficient (Wildman–Crippen LogP) is 1.52. The Hall–Kier alpha value is -2.37. The Kier molecular flexibility index (Phi) is 6.30. The van der Waals surface area contributed by atoms with Gasteiger partial charge in [0.25, 0.3) is 5.91 Å². The highest BCUT2D eigenvalue weighted by molar-refractivity contribution is 5.92. The number of ether oxygens (including phenoxy) is 1. The molecule has 6 nitrogen and oxygen atoms in total. The number of hydrogen-bond donors (Lipinski definition) is 1. The standard InChI is InChI=1S/C17H24N2O4/c1-12-6-8-13(9-7-12)16(22)23-11-15(21)19(5)10-14(20)18-17(2,3)4/h6-9H,10-11H2,1-5H3,(H,18,20). The molecule has 0 heterocycles. The van der Waals surface area contributed by atoms with Crippen molar-refractivity contribution < 1.29 is 19.1 Å². The minimum absolute atomic E-state index is 0.0851. The molecule has 0 bridgehead atoms. The molecular weight excluding hydrogens is 296 g/mol. The molecule has 0 atom stereocenters. The Bertz CT molecular complexity index is 573. The number of nitrogens with zero attached hydrogens (tertiary/aromatic N) is 1. The average Bonchev–Trinajstić information content (AvgIpc) is 2.42. The zero-order chi connectivity index (χ0) is 17.6. The molecule has 0 aliphatic rings. The van der Waals surface area contributed by atoms with Crippen molar-refractivity contribution in [2.75, 3.05) is 20.2 Å². The molecule has 1 aromatic rings. The highest BCUT2D eigenvalue weighted by Crippen LogP contribution is 2.05. The number of carbonyl (C=O) groups is 3. The second-order valence-electron chi connectivity index (χ2n) is 6.49. The van der Waals surface area contributed by atoms with Crippen LogP contribution in [0.3, 0.4) is 0 Å². The third-order valence-electron chi connectivity index (χ3n) is 2.93. The van der Waals surface area contributed by atoms with E-state index in [9.17, 15) is 14.4 Å². The van der Waals surface area contributed by atoms with E-state index >= 15 is 0 Å². The van der Waals surface area contributed by atoms with E-state index in [1.807, 2.05) is 27.7 Å². The third kappa shape index (κ3) is 6.95. The Labute approximate surface area is 136 Å². The summed E-state index contributed by atoms with van der Waals surface area (Å²) in [4.78, 5) is 36.7. The minimum Gasteiger partial charge on any atom is -0.452 e. The second-order valence-corrected chi connectivity index (χ2v) is 6.49. The fourth-order valence-electron chi connectivity index (χ4n) is 1.77. The number of amides is 2. The minimum atomic E-state index is -0.564. The van der Waals surface area contributed by atoms with E-state index in [1.165, 1.54) is 11.9 Å². The molecule has 0 aromatic heterocycles. The van der Waals surface area contributed by atoms with Crippen molar-refractivity contribution in [1.29, 1.82) is 0 Å². The molecular formula is C17H24N2O4. The van der Waals surface area contributed by atoms with Crippen molar-refractivity contribution in [3.8, 4) is 0 Å². The number of carbonyl (C=O) groups excluding carboxylic acids is 3. The molecule has 1 N–H and O–H groups in total. The van der Waals surface area contributed by atoms with E-state index < -0.39 is 18.5 Å². The highest BCUT2D eigenvalue weighted by atomic mass is 16.5. The first kappa shape index (κ1) is 18.7. The van der Waals surface area contributed by atoms with E-state index in [2.05, 4.69) is 5.32 Å². The Morgan fingerprint density at radius 2 is 1.70 bits per heavy atom. The number of esters is 1. The van der Waals surface area contributed by atoms with Gasteiger partial charge in [0.2, 0.25) is 5.91 Å². The molecule has 0 fully saturated rings. The molecule has 6 heteroatoms. The number of nitrogens with one attached hydrogen (secondary N) is 1. The van der Waals surface area contributed by atoms with Crippen molar-refractivity contribution in [2.24, 2.45) is 0 Å². The van der Waals surface area contributed by atoms with Crippen LogP contribution in [0, 0.1) is 6.92 Å². The van der Waals surface area contributed by atoms with Gasteiger partial charge >= 0.3 is 5.97 Å². The van der Waals surface area contributed by atoms with Crippen LogP contribution < -0.4 is 5.32 Å². The van der Waals surface area contributed by atoms with Gasteiger partial charge in [-0.1, -0.05) is 17.7 Å². The lowest BCUT2D eigenvalue weighted by Crippen LogP contribution is -2.46. The van der Waals surface area contributed by atoms with Crippen molar-refractivity contribution in [1.82, 2.24) is 10.2 Å². The van der Waals surface area contributed by atoms with Crippen molar-refractivity contribution in [2.45, 2.75) is 33.2 Å². The summed E-state index contributed by atoms with van der Waals surface area (Å²) in [6.45, 7) is 7.00. The third-order valence-corrected chi connectivity index (χ3v) is 2.93. The Morgan fingerprint density at radius 3 is 2.22 bits per heavy atom. The lowest BCUT2D eigenvalue weighted by molar-refractivity contribution is -0.137. The monoisotopic (exact) mass is 320 g/mol. The van der Waals surface area contributed by atoms with Crippen molar-refractivity contribution >= 4 is 17.8 Å². The van der Waals surface area contributed by atoms with Gasteiger partial charge in [-0.2, -0.15) is 0 Å². The summed E-state index contributed by atoms with van der Waals surface area (Å²) in [5.74, 6) is -1.27. The maximum absolute atomic E-state index is 11.9. The average molecular weight is 320 g/mol. The predicted molar refractivity (Wildman–Crippen MR) is 87.0 cm³/mol. The lowest BCUT2D eigenvalue weighted by atomic mass is 10.1. The fraction of sp³-hybridized carbons (Fsp3) is 0.471. The Balaban J connectivity index is 2.45. The lowest BCUT2D eigenvalue weighted by Gasteiger charge is -2.23. The molecule has 0 radical (unpaired) electrons. The summed E-state index contributed by atoms with van der Waals surface area (Å²) in [6.07, 6.45) is 0. The van der Waals surface area contributed by atoms with Crippen LogP contribution in [0.2, 0.25) is 0 Å². The van der Waals surface area contributed by atoms with Crippen LogP contribution in [-0.4, -0.2) is 48.4 Å². The first-order valence-corrected chi connectivity index (χ1v) is 7.37. The molecule has 2 amide bonds. The van der Waals surface area contributed by atoms with Gasteiger partial charge in [0.15, 0.2) is 6.61 Å². The largest absolute Gasteiger partial charge is 0.452 e. The van der Waals surface area contributed by atoms with Gasteiger partial charge in [-0.05, 0) is 39.8 Å². The number of hydrogen-bond acceptors (Lipinski definition) is 4. The van der Waals surface area contributed by atoms with Crippen LogP contribution >= 0.6 is 0 Å². The maximum Gasteiger partial charge on any atom is 0.338 e. The van der Waals surface area contributed by atoms with Crippen LogP contribution in [-0.2, 0) is 14.3 Å². The summed E-state index contributed by atoms with van der Waals surface area (Å²) in [5.41, 5.74) is 1.05. The van der Waals surface area contributed by atoms with Gasteiger partial charge in [0.1, 0.15) is 0 Å². The molecule has 0 aliphatic heterocycles. The van der Waals surface area contributed by atoms with E-state index in [-0.39, 0.29) is 18.0 Å². The first-order chi connectivity index (χ1) is 10.6. The van der Waals surface area contributed by atoms with E-state index in [0.29, 0.717) is 5.56 Å². The van der Waals surface area contributed by atoms with Crippen LogP contribution in [0.1, 0.15) is 36.7 Å². The van der Waals surface area contributed by atoms with Gasteiger partial charge in [0, 0.05) is 12.6 Å². The summed E-state index contributed by atoms with van der Waals surface area (Å²) >= 11 is 0. The molecule has 0 spiro atoms. The molecule has 1 aromatic carbocycles. The summed E-state index contributed by atoms with van der Waals surface area (Å²) in [5, 5.41) is 2.76. The second kappa shape index (κ2) is 7.76. The molecule has 0 saturated carbocycles. The number of benzene rings is 1. The summed E-state index contributed by atoms with van der Waals surface area (Å²) in [7, 11) is 1.49. The van der Waals surface area contributed by atoms with Crippen LogP contribution in [0.25, 0.3) is 0 Å². The Morgan fingerprint density at radius 1 is 1.13 bits per heavy atom. The topological polar surface area (TPSA) is 75.7 Å². The smallest absolute Gasteiger partial charge is 0.338 e.